The quantitative estimate of drug-likeness (QED) is 0.813. The summed E-state index contributed by atoms with van der Waals surface area (Å²) < 4.78 is 25.1. The van der Waals surface area contributed by atoms with Crippen molar-refractivity contribution in [2.75, 3.05) is 17.1 Å². The molecule has 0 aliphatic heterocycles. The van der Waals surface area contributed by atoms with Crippen LogP contribution in [0.4, 0.5) is 5.69 Å². The highest BCUT2D eigenvalue weighted by Gasteiger charge is 2.20. The standard InChI is InChI=1S/C16H18ClN3O3S/c1-24(22,23)20(15-5-3-2-4-14(15)17)11-8-16(21)19-12-13-6-9-18-10-7-13/h2-7,9-10H,8,11-12H2,1H3,(H,19,21). The smallest absolute Gasteiger partial charge is 0.232 e. The van der Waals surface area contributed by atoms with E-state index in [1.54, 1.807) is 48.8 Å². The molecule has 6 nitrogen and oxygen atoms in total. The second-order valence-corrected chi connectivity index (χ2v) is 7.48. The summed E-state index contributed by atoms with van der Waals surface area (Å²) in [5.74, 6) is -0.243. The van der Waals surface area contributed by atoms with Gasteiger partial charge >= 0.3 is 0 Å². The van der Waals surface area contributed by atoms with Crippen LogP contribution in [0.2, 0.25) is 5.02 Å². The molecule has 1 aromatic carbocycles. The van der Waals surface area contributed by atoms with Gasteiger partial charge in [0.05, 0.1) is 17.0 Å². The van der Waals surface area contributed by atoms with Crippen LogP contribution in [0.1, 0.15) is 12.0 Å². The van der Waals surface area contributed by atoms with Crippen LogP contribution in [0, 0.1) is 0 Å². The molecular weight excluding hydrogens is 350 g/mol. The van der Waals surface area contributed by atoms with E-state index in [1.807, 2.05) is 0 Å². The molecule has 0 unspecified atom stereocenters. The van der Waals surface area contributed by atoms with Crippen LogP contribution >= 0.6 is 11.6 Å². The molecule has 2 aromatic rings. The Balaban J connectivity index is 1.98. The molecule has 24 heavy (non-hydrogen) atoms. The topological polar surface area (TPSA) is 79.4 Å². The lowest BCUT2D eigenvalue weighted by molar-refractivity contribution is -0.121. The Morgan fingerprint density at radius 3 is 2.50 bits per heavy atom. The molecule has 0 aliphatic carbocycles. The van der Waals surface area contributed by atoms with Crippen LogP contribution in [0.15, 0.2) is 48.8 Å². The van der Waals surface area contributed by atoms with E-state index in [2.05, 4.69) is 10.3 Å². The number of nitrogens with one attached hydrogen (secondary N) is 1. The summed E-state index contributed by atoms with van der Waals surface area (Å²) in [5, 5.41) is 3.07. The summed E-state index contributed by atoms with van der Waals surface area (Å²) in [7, 11) is -3.54. The van der Waals surface area contributed by atoms with Gasteiger partial charge in [-0.2, -0.15) is 0 Å². The van der Waals surface area contributed by atoms with Gasteiger partial charge in [0.15, 0.2) is 0 Å². The molecule has 0 radical (unpaired) electrons. The van der Waals surface area contributed by atoms with Gasteiger partial charge < -0.3 is 5.32 Å². The van der Waals surface area contributed by atoms with Gasteiger partial charge in [0.1, 0.15) is 0 Å². The molecule has 0 fully saturated rings. The van der Waals surface area contributed by atoms with Gasteiger partial charge in [0.2, 0.25) is 15.9 Å². The first-order valence-electron chi connectivity index (χ1n) is 7.26. The molecule has 0 spiro atoms. The monoisotopic (exact) mass is 367 g/mol. The summed E-state index contributed by atoms with van der Waals surface area (Å²) in [6.45, 7) is 0.386. The third kappa shape index (κ3) is 5.21. The van der Waals surface area contributed by atoms with E-state index in [-0.39, 0.29) is 18.9 Å². The third-order valence-corrected chi connectivity index (χ3v) is 4.80. The van der Waals surface area contributed by atoms with E-state index in [0.717, 1.165) is 16.1 Å². The number of hydrogen-bond donors (Lipinski definition) is 1. The highest BCUT2D eigenvalue weighted by molar-refractivity contribution is 7.92. The first-order chi connectivity index (χ1) is 11.4. The van der Waals surface area contributed by atoms with Crippen molar-refractivity contribution in [1.82, 2.24) is 10.3 Å². The predicted molar refractivity (Wildman–Crippen MR) is 94.3 cm³/mol. The number of aromatic nitrogens is 1. The van der Waals surface area contributed by atoms with Crippen molar-refractivity contribution in [3.63, 3.8) is 0 Å². The van der Waals surface area contributed by atoms with Gasteiger partial charge in [-0.05, 0) is 29.8 Å². The molecule has 0 saturated carbocycles. The van der Waals surface area contributed by atoms with Crippen molar-refractivity contribution in [3.05, 3.63) is 59.4 Å². The van der Waals surface area contributed by atoms with Gasteiger partial charge in [0.25, 0.3) is 0 Å². The summed E-state index contributed by atoms with van der Waals surface area (Å²) in [6.07, 6.45) is 4.41. The molecule has 1 amide bonds. The first kappa shape index (κ1) is 18.2. The number of benzene rings is 1. The van der Waals surface area contributed by atoms with Gasteiger partial charge in [-0.1, -0.05) is 23.7 Å². The second-order valence-electron chi connectivity index (χ2n) is 5.17. The highest BCUT2D eigenvalue weighted by atomic mass is 35.5. The number of halogens is 1. The molecule has 8 heteroatoms. The van der Waals surface area contributed by atoms with Crippen LogP contribution in [-0.2, 0) is 21.4 Å². The lowest BCUT2D eigenvalue weighted by atomic mass is 10.2. The Morgan fingerprint density at radius 2 is 1.88 bits per heavy atom. The van der Waals surface area contributed by atoms with Crippen molar-refractivity contribution in [2.24, 2.45) is 0 Å². The predicted octanol–water partition coefficient (Wildman–Crippen LogP) is 2.21. The maximum absolute atomic E-state index is 12.0. The molecule has 2 rings (SSSR count). The average molecular weight is 368 g/mol. The normalized spacial score (nSPS) is 11.1. The summed E-state index contributed by atoms with van der Waals surface area (Å²) >= 11 is 6.07. The zero-order valence-electron chi connectivity index (χ0n) is 13.1. The average Bonchev–Trinajstić information content (AvgIpc) is 2.54. The van der Waals surface area contributed by atoms with Crippen molar-refractivity contribution in [2.45, 2.75) is 13.0 Å². The van der Waals surface area contributed by atoms with Crippen LogP contribution in [-0.4, -0.2) is 32.1 Å². The number of sulfonamides is 1. The van der Waals surface area contributed by atoms with Crippen LogP contribution < -0.4 is 9.62 Å². The lowest BCUT2D eigenvalue weighted by Gasteiger charge is -2.23. The van der Waals surface area contributed by atoms with E-state index in [1.165, 1.54) is 0 Å². The minimum Gasteiger partial charge on any atom is -0.352 e. The molecule has 1 aromatic heterocycles. The van der Waals surface area contributed by atoms with Crippen LogP contribution in [0.5, 0.6) is 0 Å². The number of carbonyl (C=O) groups is 1. The Labute approximate surface area is 146 Å². The van der Waals surface area contributed by atoms with E-state index in [4.69, 9.17) is 11.6 Å². The summed E-state index contributed by atoms with van der Waals surface area (Å²) in [5.41, 5.74) is 1.29. The fourth-order valence-corrected chi connectivity index (χ4v) is 3.34. The number of hydrogen-bond acceptors (Lipinski definition) is 4. The van der Waals surface area contributed by atoms with E-state index in [0.29, 0.717) is 17.3 Å². The minimum atomic E-state index is -3.54. The second kappa shape index (κ2) is 8.12. The fraction of sp³-hybridized carbons (Fsp3) is 0.250. The van der Waals surface area contributed by atoms with Crippen molar-refractivity contribution in [1.29, 1.82) is 0 Å². The zero-order valence-corrected chi connectivity index (χ0v) is 14.7. The third-order valence-electron chi connectivity index (χ3n) is 3.30. The molecule has 0 saturated heterocycles. The first-order valence-corrected chi connectivity index (χ1v) is 9.48. The van der Waals surface area contributed by atoms with E-state index < -0.39 is 10.0 Å². The summed E-state index contributed by atoms with van der Waals surface area (Å²) in [6, 6.07) is 10.2. The van der Waals surface area contributed by atoms with E-state index in [9.17, 15) is 13.2 Å². The molecule has 1 N–H and O–H groups in total. The molecule has 128 valence electrons. The Hall–Kier alpha value is -2.12. The van der Waals surface area contributed by atoms with Gasteiger partial charge in [-0.25, -0.2) is 8.42 Å². The number of rotatable bonds is 7. The molecule has 0 atom stereocenters. The van der Waals surface area contributed by atoms with Crippen LogP contribution in [0.3, 0.4) is 0 Å². The highest BCUT2D eigenvalue weighted by Crippen LogP contribution is 2.27. The molecule has 1 heterocycles. The maximum Gasteiger partial charge on any atom is 0.232 e. The minimum absolute atomic E-state index is 0.0186. The SMILES string of the molecule is CS(=O)(=O)N(CCC(=O)NCc1ccncc1)c1ccccc1Cl. The Kier molecular flexibility index (Phi) is 6.16. The number of nitrogens with zero attached hydrogens (tertiary/aromatic N) is 2. The van der Waals surface area contributed by atoms with Crippen molar-refractivity contribution < 1.29 is 13.2 Å². The summed E-state index contributed by atoms with van der Waals surface area (Å²) in [4.78, 5) is 15.9. The fourth-order valence-electron chi connectivity index (χ4n) is 2.11. The Bertz CT molecular complexity index is 797. The lowest BCUT2D eigenvalue weighted by Crippen LogP contribution is -2.34. The molecule has 0 aliphatic rings. The van der Waals surface area contributed by atoms with Crippen LogP contribution in [0.25, 0.3) is 0 Å². The molecule has 0 bridgehead atoms. The van der Waals surface area contributed by atoms with Gasteiger partial charge in [0, 0.05) is 31.9 Å². The Morgan fingerprint density at radius 1 is 1.21 bits per heavy atom. The van der Waals surface area contributed by atoms with Crippen molar-refractivity contribution >= 4 is 33.2 Å². The number of para-hydroxylation sites is 1. The van der Waals surface area contributed by atoms with Crippen molar-refractivity contribution in [3.8, 4) is 0 Å². The maximum atomic E-state index is 12.0. The van der Waals surface area contributed by atoms with E-state index >= 15 is 0 Å². The number of pyridine rings is 1. The van der Waals surface area contributed by atoms with Gasteiger partial charge in [-0.3, -0.25) is 14.1 Å². The largest absolute Gasteiger partial charge is 0.352 e. The molecular formula is C16H18ClN3O3S. The zero-order chi connectivity index (χ0) is 17.6. The number of carbonyl (C=O) groups excluding carboxylic acids is 1. The number of anilines is 1. The number of amides is 1. The van der Waals surface area contributed by atoms with Gasteiger partial charge in [-0.15, -0.1) is 0 Å².